The van der Waals surface area contributed by atoms with Crippen LogP contribution in [0.3, 0.4) is 0 Å². The molecule has 0 amide bonds. The van der Waals surface area contributed by atoms with Crippen molar-refractivity contribution < 1.29 is 0 Å². The molecule has 1 atom stereocenters. The van der Waals surface area contributed by atoms with Crippen LogP contribution in [-0.4, -0.2) is 30.0 Å². The summed E-state index contributed by atoms with van der Waals surface area (Å²) in [5, 5.41) is 0. The van der Waals surface area contributed by atoms with Gasteiger partial charge in [0.1, 0.15) is 0 Å². The van der Waals surface area contributed by atoms with E-state index >= 15 is 0 Å². The normalized spacial score (nSPS) is 18.4. The zero-order valence-electron chi connectivity index (χ0n) is 8.94. The molecule has 80 valence electrons. The van der Waals surface area contributed by atoms with E-state index in [2.05, 4.69) is 36.2 Å². The van der Waals surface area contributed by atoms with Crippen molar-refractivity contribution in [2.24, 2.45) is 5.73 Å². The van der Waals surface area contributed by atoms with Crippen LogP contribution in [0.1, 0.15) is 17.0 Å². The maximum Gasteiger partial charge on any atom is 0.0869 e. The number of nitrogens with two attached hydrogens (primary N) is 1. The molecule has 2 rings (SSSR count). The van der Waals surface area contributed by atoms with Crippen LogP contribution >= 0.6 is 12.2 Å². The summed E-state index contributed by atoms with van der Waals surface area (Å²) in [5.74, 6) is 0.667. The van der Waals surface area contributed by atoms with E-state index in [0.717, 1.165) is 6.54 Å². The first-order chi connectivity index (χ1) is 7.16. The van der Waals surface area contributed by atoms with Gasteiger partial charge in [-0.2, -0.15) is 0 Å². The highest BCUT2D eigenvalue weighted by atomic mass is 32.1. The van der Waals surface area contributed by atoms with Crippen molar-refractivity contribution in [3.8, 4) is 0 Å². The predicted molar refractivity (Wildman–Crippen MR) is 67.2 cm³/mol. The Kier molecular flexibility index (Phi) is 3.03. The average Bonchev–Trinajstić information content (AvgIpc) is 2.13. The largest absolute Gasteiger partial charge is 0.392 e. The van der Waals surface area contributed by atoms with Gasteiger partial charge >= 0.3 is 0 Å². The number of hydrogen-bond donors (Lipinski definition) is 1. The molecule has 0 heterocycles. The fourth-order valence-electron chi connectivity index (χ4n) is 2.23. The fourth-order valence-corrected chi connectivity index (χ4v) is 2.45. The first-order valence-corrected chi connectivity index (χ1v) is 5.62. The Morgan fingerprint density at radius 3 is 2.93 bits per heavy atom. The average molecular weight is 220 g/mol. The Morgan fingerprint density at radius 1 is 1.53 bits per heavy atom. The molecule has 0 aromatic heterocycles. The molecule has 2 nitrogen and oxygen atoms in total. The molecule has 1 unspecified atom stereocenters. The molecular weight excluding hydrogens is 204 g/mol. The molecule has 0 bridgehead atoms. The number of rotatable bonds is 4. The summed E-state index contributed by atoms with van der Waals surface area (Å²) in [5.41, 5.74) is 8.50. The van der Waals surface area contributed by atoms with Crippen LogP contribution in [0, 0.1) is 0 Å². The van der Waals surface area contributed by atoms with Gasteiger partial charge in [0.05, 0.1) is 4.99 Å². The number of fused-ring (bicyclic) bond motifs is 1. The molecule has 0 aliphatic heterocycles. The van der Waals surface area contributed by atoms with Crippen LogP contribution < -0.4 is 5.73 Å². The molecule has 0 spiro atoms. The topological polar surface area (TPSA) is 29.3 Å². The van der Waals surface area contributed by atoms with Gasteiger partial charge in [0, 0.05) is 19.0 Å². The lowest BCUT2D eigenvalue weighted by atomic mass is 9.77. The number of likely N-dealkylation sites (N-methyl/N-ethyl adjacent to an activating group) is 1. The Bertz CT molecular complexity index is 376. The van der Waals surface area contributed by atoms with Gasteiger partial charge in [0.25, 0.3) is 0 Å². The summed E-state index contributed by atoms with van der Waals surface area (Å²) in [6, 6.07) is 8.64. The third-order valence-electron chi connectivity index (χ3n) is 2.92. The quantitative estimate of drug-likeness (QED) is 0.781. The van der Waals surface area contributed by atoms with Gasteiger partial charge in [0.15, 0.2) is 0 Å². The molecule has 1 aromatic rings. The Balaban J connectivity index is 1.92. The molecule has 1 aliphatic rings. The van der Waals surface area contributed by atoms with Crippen molar-refractivity contribution in [1.29, 1.82) is 0 Å². The Morgan fingerprint density at radius 2 is 2.27 bits per heavy atom. The summed E-state index contributed by atoms with van der Waals surface area (Å²) < 4.78 is 0. The van der Waals surface area contributed by atoms with Crippen LogP contribution in [0.4, 0.5) is 0 Å². The zero-order chi connectivity index (χ0) is 10.8. The Labute approximate surface area is 96.1 Å². The molecule has 3 heteroatoms. The minimum Gasteiger partial charge on any atom is -0.392 e. The number of thiocarbonyl (C=S) groups is 1. The van der Waals surface area contributed by atoms with E-state index < -0.39 is 0 Å². The van der Waals surface area contributed by atoms with Gasteiger partial charge in [-0.05, 0) is 24.6 Å². The van der Waals surface area contributed by atoms with Crippen molar-refractivity contribution in [3.63, 3.8) is 0 Å². The van der Waals surface area contributed by atoms with Crippen LogP contribution in [-0.2, 0) is 6.42 Å². The van der Waals surface area contributed by atoms with E-state index in [1.165, 1.54) is 17.5 Å². The van der Waals surface area contributed by atoms with Gasteiger partial charge in [-0.25, -0.2) is 0 Å². The van der Waals surface area contributed by atoms with E-state index in [0.29, 0.717) is 17.5 Å². The lowest BCUT2D eigenvalue weighted by Crippen LogP contribution is -2.35. The predicted octanol–water partition coefficient (Wildman–Crippen LogP) is 1.54. The molecule has 0 fully saturated rings. The van der Waals surface area contributed by atoms with Crippen molar-refractivity contribution in [2.45, 2.75) is 12.3 Å². The van der Waals surface area contributed by atoms with Crippen LogP contribution in [0.5, 0.6) is 0 Å². The van der Waals surface area contributed by atoms with Gasteiger partial charge in [-0.3, -0.25) is 4.90 Å². The van der Waals surface area contributed by atoms with Gasteiger partial charge < -0.3 is 5.73 Å². The first kappa shape index (κ1) is 10.6. The van der Waals surface area contributed by atoms with E-state index in [4.69, 9.17) is 18.0 Å². The van der Waals surface area contributed by atoms with Crippen molar-refractivity contribution in [1.82, 2.24) is 4.90 Å². The third kappa shape index (κ3) is 2.36. The van der Waals surface area contributed by atoms with Crippen molar-refractivity contribution >= 4 is 17.2 Å². The number of nitrogens with zero attached hydrogens (tertiary/aromatic N) is 1. The van der Waals surface area contributed by atoms with Gasteiger partial charge in [-0.1, -0.05) is 36.5 Å². The number of benzene rings is 1. The molecule has 0 saturated carbocycles. The van der Waals surface area contributed by atoms with Gasteiger partial charge in [-0.15, -0.1) is 0 Å². The standard InChI is InChI=1S/C12H16N2S/c1-14(8-12(13)15)7-10-6-9-4-2-3-5-11(9)10/h2-5,10H,6-8H2,1H3,(H2,13,15). The lowest BCUT2D eigenvalue weighted by Gasteiger charge is -2.33. The summed E-state index contributed by atoms with van der Waals surface area (Å²) in [6.07, 6.45) is 1.19. The zero-order valence-corrected chi connectivity index (χ0v) is 9.76. The molecule has 0 radical (unpaired) electrons. The maximum atomic E-state index is 5.51. The highest BCUT2D eigenvalue weighted by Crippen LogP contribution is 2.34. The second-order valence-corrected chi connectivity index (χ2v) is 4.79. The third-order valence-corrected chi connectivity index (χ3v) is 3.05. The lowest BCUT2D eigenvalue weighted by molar-refractivity contribution is 0.335. The molecule has 1 aliphatic carbocycles. The SMILES string of the molecule is CN(CC(N)=S)CC1Cc2ccccc21. The second-order valence-electron chi connectivity index (χ2n) is 4.26. The summed E-state index contributed by atoms with van der Waals surface area (Å²) in [6.45, 7) is 1.77. The molecule has 1 aromatic carbocycles. The van der Waals surface area contributed by atoms with E-state index in [1.54, 1.807) is 0 Å². The summed E-state index contributed by atoms with van der Waals surface area (Å²) in [4.78, 5) is 2.77. The summed E-state index contributed by atoms with van der Waals surface area (Å²) >= 11 is 4.89. The van der Waals surface area contributed by atoms with Crippen molar-refractivity contribution in [3.05, 3.63) is 35.4 Å². The van der Waals surface area contributed by atoms with E-state index in [1.807, 2.05) is 0 Å². The molecule has 0 saturated heterocycles. The highest BCUT2D eigenvalue weighted by Gasteiger charge is 2.26. The van der Waals surface area contributed by atoms with Crippen LogP contribution in [0.15, 0.2) is 24.3 Å². The maximum absolute atomic E-state index is 5.51. The minimum absolute atomic E-state index is 0.574. The fraction of sp³-hybridized carbons (Fsp3) is 0.417. The van der Waals surface area contributed by atoms with Gasteiger partial charge in [0.2, 0.25) is 0 Å². The Hall–Kier alpha value is -0.930. The summed E-state index contributed by atoms with van der Waals surface area (Å²) in [7, 11) is 2.07. The van der Waals surface area contributed by atoms with Crippen LogP contribution in [0.25, 0.3) is 0 Å². The van der Waals surface area contributed by atoms with Crippen molar-refractivity contribution in [2.75, 3.05) is 20.1 Å². The highest BCUT2D eigenvalue weighted by molar-refractivity contribution is 7.80. The first-order valence-electron chi connectivity index (χ1n) is 5.21. The molecule has 15 heavy (non-hydrogen) atoms. The smallest absolute Gasteiger partial charge is 0.0869 e. The second kappa shape index (κ2) is 4.29. The molecule has 2 N–H and O–H groups in total. The monoisotopic (exact) mass is 220 g/mol. The molecular formula is C12H16N2S. The minimum atomic E-state index is 0.574. The van der Waals surface area contributed by atoms with E-state index in [-0.39, 0.29) is 0 Å². The number of hydrogen-bond acceptors (Lipinski definition) is 2. The van der Waals surface area contributed by atoms with E-state index in [9.17, 15) is 0 Å². The van der Waals surface area contributed by atoms with Crippen LogP contribution in [0.2, 0.25) is 0 Å².